The van der Waals surface area contributed by atoms with Gasteiger partial charge in [-0.1, -0.05) is 30.3 Å². The van der Waals surface area contributed by atoms with Crippen LogP contribution in [-0.2, 0) is 6.54 Å². The maximum absolute atomic E-state index is 10.8. The first-order chi connectivity index (χ1) is 8.66. The molecule has 0 saturated carbocycles. The summed E-state index contributed by atoms with van der Waals surface area (Å²) in [4.78, 5) is 10.8. The first-order valence-electron chi connectivity index (χ1n) is 5.47. The van der Waals surface area contributed by atoms with E-state index in [2.05, 4.69) is 27.9 Å². The van der Waals surface area contributed by atoms with Crippen molar-refractivity contribution in [2.75, 3.05) is 5.32 Å². The number of benzene rings is 2. The number of aromatic carboxylic acids is 1. The standard InChI is InChI=1S/C14H12INO2/c15-12-8-11(14(17)18)6-7-13(12)16-9-10-4-2-1-3-5-10/h1-8,16H,9H2,(H,17,18). The van der Waals surface area contributed by atoms with Crippen LogP contribution in [-0.4, -0.2) is 11.1 Å². The van der Waals surface area contributed by atoms with Crippen molar-refractivity contribution in [1.82, 2.24) is 0 Å². The molecule has 18 heavy (non-hydrogen) atoms. The number of anilines is 1. The van der Waals surface area contributed by atoms with Crippen LogP contribution in [0.15, 0.2) is 48.5 Å². The van der Waals surface area contributed by atoms with Crippen LogP contribution in [0.4, 0.5) is 5.69 Å². The summed E-state index contributed by atoms with van der Waals surface area (Å²) in [5.74, 6) is -0.900. The van der Waals surface area contributed by atoms with Crippen molar-refractivity contribution in [2.45, 2.75) is 6.54 Å². The van der Waals surface area contributed by atoms with Crippen LogP contribution in [0.5, 0.6) is 0 Å². The lowest BCUT2D eigenvalue weighted by Gasteiger charge is -2.09. The number of halogens is 1. The normalized spacial score (nSPS) is 10.1. The monoisotopic (exact) mass is 353 g/mol. The van der Waals surface area contributed by atoms with Gasteiger partial charge in [-0.3, -0.25) is 0 Å². The molecule has 0 amide bonds. The van der Waals surface area contributed by atoms with E-state index in [1.807, 2.05) is 30.3 Å². The molecule has 0 aromatic heterocycles. The smallest absolute Gasteiger partial charge is 0.335 e. The van der Waals surface area contributed by atoms with E-state index in [-0.39, 0.29) is 0 Å². The van der Waals surface area contributed by atoms with Gasteiger partial charge in [-0.05, 0) is 46.4 Å². The van der Waals surface area contributed by atoms with Crippen molar-refractivity contribution < 1.29 is 9.90 Å². The van der Waals surface area contributed by atoms with Gasteiger partial charge in [-0.2, -0.15) is 0 Å². The lowest BCUT2D eigenvalue weighted by molar-refractivity contribution is 0.0697. The zero-order valence-corrected chi connectivity index (χ0v) is 11.7. The van der Waals surface area contributed by atoms with Crippen LogP contribution >= 0.6 is 22.6 Å². The average molecular weight is 353 g/mol. The maximum atomic E-state index is 10.8. The molecule has 2 aromatic carbocycles. The summed E-state index contributed by atoms with van der Waals surface area (Å²) in [7, 11) is 0. The van der Waals surface area contributed by atoms with Gasteiger partial charge >= 0.3 is 5.97 Å². The minimum Gasteiger partial charge on any atom is -0.478 e. The molecular formula is C14H12INO2. The molecule has 2 N–H and O–H groups in total. The van der Waals surface area contributed by atoms with Gasteiger partial charge in [-0.25, -0.2) is 4.79 Å². The molecule has 0 unspecified atom stereocenters. The summed E-state index contributed by atoms with van der Waals surface area (Å²) < 4.78 is 0.906. The molecule has 0 bridgehead atoms. The summed E-state index contributed by atoms with van der Waals surface area (Å²) in [5, 5.41) is 12.2. The molecule has 0 aliphatic heterocycles. The Kier molecular flexibility index (Phi) is 4.19. The van der Waals surface area contributed by atoms with E-state index in [0.29, 0.717) is 5.56 Å². The van der Waals surface area contributed by atoms with E-state index < -0.39 is 5.97 Å². The zero-order chi connectivity index (χ0) is 13.0. The third-order valence-electron chi connectivity index (χ3n) is 2.54. The summed E-state index contributed by atoms with van der Waals surface area (Å²) in [6.07, 6.45) is 0. The van der Waals surface area contributed by atoms with Crippen molar-refractivity contribution >= 4 is 34.2 Å². The number of rotatable bonds is 4. The molecule has 0 radical (unpaired) electrons. The van der Waals surface area contributed by atoms with Crippen LogP contribution in [0, 0.1) is 3.57 Å². The number of nitrogens with one attached hydrogen (secondary N) is 1. The molecule has 2 rings (SSSR count). The van der Waals surface area contributed by atoms with Gasteiger partial charge in [0.25, 0.3) is 0 Å². The Balaban J connectivity index is 2.08. The number of carboxylic acid groups (broad SMARTS) is 1. The number of hydrogen-bond acceptors (Lipinski definition) is 2. The molecule has 0 saturated heterocycles. The average Bonchev–Trinajstić information content (AvgIpc) is 2.38. The largest absolute Gasteiger partial charge is 0.478 e. The molecule has 0 spiro atoms. The Morgan fingerprint density at radius 1 is 1.17 bits per heavy atom. The van der Waals surface area contributed by atoms with Gasteiger partial charge in [0.05, 0.1) is 5.56 Å². The van der Waals surface area contributed by atoms with Crippen molar-refractivity contribution in [3.63, 3.8) is 0 Å². The first-order valence-corrected chi connectivity index (χ1v) is 6.55. The molecule has 4 heteroatoms. The highest BCUT2D eigenvalue weighted by Gasteiger charge is 2.06. The summed E-state index contributed by atoms with van der Waals surface area (Å²) in [6, 6.07) is 15.1. The van der Waals surface area contributed by atoms with Crippen molar-refractivity contribution in [3.05, 3.63) is 63.2 Å². The minimum absolute atomic E-state index is 0.310. The van der Waals surface area contributed by atoms with E-state index in [1.165, 1.54) is 5.56 Å². The lowest BCUT2D eigenvalue weighted by Crippen LogP contribution is -2.03. The van der Waals surface area contributed by atoms with Gasteiger partial charge in [0.1, 0.15) is 0 Å². The highest BCUT2D eigenvalue weighted by atomic mass is 127. The quantitative estimate of drug-likeness (QED) is 0.826. The number of hydrogen-bond donors (Lipinski definition) is 2. The second kappa shape index (κ2) is 5.86. The molecule has 0 atom stereocenters. The highest BCUT2D eigenvalue weighted by Crippen LogP contribution is 2.20. The van der Waals surface area contributed by atoms with Crippen LogP contribution < -0.4 is 5.32 Å². The Bertz CT molecular complexity index is 555. The second-order valence-electron chi connectivity index (χ2n) is 3.84. The summed E-state index contributed by atoms with van der Waals surface area (Å²) >= 11 is 2.14. The fraction of sp³-hybridized carbons (Fsp3) is 0.0714. The molecule has 0 aliphatic rings. The Morgan fingerprint density at radius 3 is 2.50 bits per heavy atom. The first kappa shape index (κ1) is 12.9. The van der Waals surface area contributed by atoms with Crippen LogP contribution in [0.25, 0.3) is 0 Å². The van der Waals surface area contributed by atoms with Gasteiger partial charge in [0.15, 0.2) is 0 Å². The Labute approximate surface area is 119 Å². The van der Waals surface area contributed by atoms with Crippen molar-refractivity contribution in [3.8, 4) is 0 Å². The molecular weight excluding hydrogens is 341 g/mol. The van der Waals surface area contributed by atoms with Crippen LogP contribution in [0.2, 0.25) is 0 Å². The zero-order valence-electron chi connectivity index (χ0n) is 9.56. The second-order valence-corrected chi connectivity index (χ2v) is 5.00. The maximum Gasteiger partial charge on any atom is 0.335 e. The van der Waals surface area contributed by atoms with Gasteiger partial charge in [0.2, 0.25) is 0 Å². The Morgan fingerprint density at radius 2 is 1.89 bits per heavy atom. The predicted octanol–water partition coefficient (Wildman–Crippen LogP) is 3.60. The number of carboxylic acids is 1. The van der Waals surface area contributed by atoms with Crippen LogP contribution in [0.1, 0.15) is 15.9 Å². The molecule has 3 nitrogen and oxygen atoms in total. The van der Waals surface area contributed by atoms with E-state index >= 15 is 0 Å². The van der Waals surface area contributed by atoms with E-state index in [0.717, 1.165) is 15.8 Å². The fourth-order valence-electron chi connectivity index (χ4n) is 1.58. The van der Waals surface area contributed by atoms with Gasteiger partial charge < -0.3 is 10.4 Å². The molecule has 92 valence electrons. The summed E-state index contributed by atoms with van der Waals surface area (Å²) in [5.41, 5.74) is 2.45. The predicted molar refractivity (Wildman–Crippen MR) is 79.9 cm³/mol. The summed E-state index contributed by atoms with van der Waals surface area (Å²) in [6.45, 7) is 0.725. The van der Waals surface area contributed by atoms with Crippen molar-refractivity contribution in [1.29, 1.82) is 0 Å². The molecule has 0 heterocycles. The van der Waals surface area contributed by atoms with Gasteiger partial charge in [0, 0.05) is 15.8 Å². The molecule has 0 aliphatic carbocycles. The van der Waals surface area contributed by atoms with E-state index in [4.69, 9.17) is 5.11 Å². The third kappa shape index (κ3) is 3.22. The van der Waals surface area contributed by atoms with Crippen molar-refractivity contribution in [2.24, 2.45) is 0 Å². The lowest BCUT2D eigenvalue weighted by atomic mass is 10.2. The molecule has 2 aromatic rings. The van der Waals surface area contributed by atoms with E-state index in [9.17, 15) is 4.79 Å². The topological polar surface area (TPSA) is 49.3 Å². The van der Waals surface area contributed by atoms with Gasteiger partial charge in [-0.15, -0.1) is 0 Å². The SMILES string of the molecule is O=C(O)c1ccc(NCc2ccccc2)c(I)c1. The molecule has 0 fully saturated rings. The fourth-order valence-corrected chi connectivity index (χ4v) is 2.29. The van der Waals surface area contributed by atoms with E-state index in [1.54, 1.807) is 18.2 Å². The Hall–Kier alpha value is -1.56. The van der Waals surface area contributed by atoms with Crippen LogP contribution in [0.3, 0.4) is 0 Å². The minimum atomic E-state index is -0.900. The highest BCUT2D eigenvalue weighted by molar-refractivity contribution is 14.1. The number of carbonyl (C=O) groups is 1. The third-order valence-corrected chi connectivity index (χ3v) is 3.43.